The summed E-state index contributed by atoms with van der Waals surface area (Å²) in [4.78, 5) is 52.5. The fourth-order valence-corrected chi connectivity index (χ4v) is 3.80. The molecule has 0 aromatic heterocycles. The Hall–Kier alpha value is -4.08. The van der Waals surface area contributed by atoms with Gasteiger partial charge in [0.15, 0.2) is 0 Å². The van der Waals surface area contributed by atoms with Crippen molar-refractivity contribution >= 4 is 23.6 Å². The summed E-state index contributed by atoms with van der Waals surface area (Å²) in [5.41, 5.74) is 1.24. The van der Waals surface area contributed by atoms with Crippen LogP contribution in [0.5, 0.6) is 11.5 Å². The number of fused-ring (bicyclic) bond motifs is 1. The summed E-state index contributed by atoms with van der Waals surface area (Å²) in [5.74, 6) is -0.383. The Labute approximate surface area is 216 Å². The van der Waals surface area contributed by atoms with E-state index in [0.29, 0.717) is 31.7 Å². The van der Waals surface area contributed by atoms with Gasteiger partial charge >= 0.3 is 0 Å². The quantitative estimate of drug-likeness (QED) is 0.557. The summed E-state index contributed by atoms with van der Waals surface area (Å²) in [6.07, 6.45) is 1.07. The zero-order valence-corrected chi connectivity index (χ0v) is 21.2. The van der Waals surface area contributed by atoms with Crippen molar-refractivity contribution in [2.24, 2.45) is 0 Å². The second-order valence-corrected chi connectivity index (χ2v) is 8.73. The van der Waals surface area contributed by atoms with E-state index in [1.807, 2.05) is 24.3 Å². The number of carbonyl (C=O) groups excluding carboxylic acids is 4. The smallest absolute Gasteiger partial charge is 0.255 e. The average molecular weight is 511 g/mol. The molecule has 1 atom stereocenters. The van der Waals surface area contributed by atoms with Gasteiger partial charge in [-0.15, -0.1) is 0 Å². The van der Waals surface area contributed by atoms with Crippen LogP contribution in [0.1, 0.15) is 35.2 Å². The molecule has 4 amide bonds. The number of para-hydroxylation sites is 1. The van der Waals surface area contributed by atoms with Crippen molar-refractivity contribution in [2.75, 3.05) is 40.4 Å². The minimum absolute atomic E-state index is 0.0647. The van der Waals surface area contributed by atoms with Gasteiger partial charge < -0.3 is 30.3 Å². The molecule has 10 nitrogen and oxygen atoms in total. The number of ether oxygens (including phenoxy) is 2. The molecule has 0 fully saturated rings. The summed E-state index contributed by atoms with van der Waals surface area (Å²) >= 11 is 0. The molecule has 0 unspecified atom stereocenters. The highest BCUT2D eigenvalue weighted by atomic mass is 16.5. The van der Waals surface area contributed by atoms with Gasteiger partial charge in [0.2, 0.25) is 17.7 Å². The zero-order chi connectivity index (χ0) is 26.6. The summed E-state index contributed by atoms with van der Waals surface area (Å²) < 4.78 is 10.9. The van der Waals surface area contributed by atoms with Crippen molar-refractivity contribution in [3.05, 3.63) is 59.7 Å². The summed E-state index contributed by atoms with van der Waals surface area (Å²) in [6.45, 7) is 1.17. The van der Waals surface area contributed by atoms with Crippen LogP contribution in [0.4, 0.5) is 0 Å². The molecule has 1 aliphatic rings. The van der Waals surface area contributed by atoms with Gasteiger partial charge in [0.05, 0.1) is 25.6 Å². The number of carbonyl (C=O) groups is 4. The molecule has 1 heterocycles. The van der Waals surface area contributed by atoms with Gasteiger partial charge in [-0.3, -0.25) is 19.2 Å². The van der Waals surface area contributed by atoms with Crippen molar-refractivity contribution in [2.45, 2.75) is 31.7 Å². The molecular formula is C27H34N4O6. The monoisotopic (exact) mass is 510 g/mol. The van der Waals surface area contributed by atoms with Crippen LogP contribution in [0.2, 0.25) is 0 Å². The fraction of sp³-hybridized carbons (Fsp3) is 0.407. The second-order valence-electron chi connectivity index (χ2n) is 8.73. The normalized spacial score (nSPS) is 17.6. The average Bonchev–Trinajstić information content (AvgIpc) is 2.90. The lowest BCUT2D eigenvalue weighted by Gasteiger charge is -2.21. The highest BCUT2D eigenvalue weighted by Gasteiger charge is 2.26. The number of benzene rings is 2. The van der Waals surface area contributed by atoms with E-state index >= 15 is 0 Å². The van der Waals surface area contributed by atoms with Crippen LogP contribution in [0.15, 0.2) is 48.5 Å². The van der Waals surface area contributed by atoms with Crippen molar-refractivity contribution in [1.82, 2.24) is 20.9 Å². The predicted molar refractivity (Wildman–Crippen MR) is 137 cm³/mol. The molecular weight excluding hydrogens is 476 g/mol. The molecule has 0 radical (unpaired) electrons. The van der Waals surface area contributed by atoms with Crippen LogP contribution in [0.25, 0.3) is 0 Å². The molecule has 0 aliphatic carbocycles. The Morgan fingerprint density at radius 1 is 1.14 bits per heavy atom. The minimum atomic E-state index is -1.09. The van der Waals surface area contributed by atoms with Crippen LogP contribution in [0.3, 0.4) is 0 Å². The topological polar surface area (TPSA) is 126 Å². The molecule has 0 saturated heterocycles. The SMILES string of the molecule is COc1ccc(CCNC(=O)[C@@H]2CC(=O)NCCCC(=O)N(C)CCOc3ccccc3C(=O)N2)cc1. The van der Waals surface area contributed by atoms with Gasteiger partial charge in [0.25, 0.3) is 5.91 Å². The third-order valence-corrected chi connectivity index (χ3v) is 6.01. The van der Waals surface area contributed by atoms with Crippen molar-refractivity contribution in [3.63, 3.8) is 0 Å². The molecule has 10 heteroatoms. The molecule has 0 saturated carbocycles. The summed E-state index contributed by atoms with van der Waals surface area (Å²) in [7, 11) is 3.28. The van der Waals surface area contributed by atoms with Gasteiger partial charge in [-0.2, -0.15) is 0 Å². The lowest BCUT2D eigenvalue weighted by atomic mass is 10.1. The minimum Gasteiger partial charge on any atom is -0.497 e. The number of hydrogen-bond acceptors (Lipinski definition) is 6. The lowest BCUT2D eigenvalue weighted by Crippen LogP contribution is -2.49. The Morgan fingerprint density at radius 3 is 2.65 bits per heavy atom. The number of nitrogens with one attached hydrogen (secondary N) is 3. The van der Waals surface area contributed by atoms with Gasteiger partial charge in [0.1, 0.15) is 24.1 Å². The summed E-state index contributed by atoms with van der Waals surface area (Å²) in [5, 5.41) is 8.24. The molecule has 0 bridgehead atoms. The van der Waals surface area contributed by atoms with Crippen molar-refractivity contribution in [3.8, 4) is 11.5 Å². The van der Waals surface area contributed by atoms with E-state index in [0.717, 1.165) is 11.3 Å². The van der Waals surface area contributed by atoms with Gasteiger partial charge in [-0.1, -0.05) is 24.3 Å². The first kappa shape index (κ1) is 27.5. The van der Waals surface area contributed by atoms with Gasteiger partial charge in [-0.05, 0) is 42.7 Å². The van der Waals surface area contributed by atoms with Crippen LogP contribution in [-0.4, -0.2) is 75.0 Å². The van der Waals surface area contributed by atoms with Crippen LogP contribution in [0, 0.1) is 0 Å². The molecule has 198 valence electrons. The molecule has 3 rings (SSSR count). The van der Waals surface area contributed by atoms with Gasteiger partial charge in [-0.25, -0.2) is 0 Å². The fourth-order valence-electron chi connectivity index (χ4n) is 3.80. The lowest BCUT2D eigenvalue weighted by molar-refractivity contribution is -0.130. The maximum absolute atomic E-state index is 13.1. The Kier molecular flexibility index (Phi) is 10.3. The van der Waals surface area contributed by atoms with Gasteiger partial charge in [0, 0.05) is 26.6 Å². The third kappa shape index (κ3) is 8.52. The number of hydrogen-bond donors (Lipinski definition) is 3. The largest absolute Gasteiger partial charge is 0.497 e. The standard InChI is InChI=1S/C27H34N4O6/c1-31-16-17-37-23-7-4-3-6-21(23)26(34)30-22(18-24(32)28-14-5-8-25(31)33)27(35)29-15-13-19-9-11-20(36-2)12-10-19/h3-4,6-7,9-12,22H,5,8,13-18H2,1-2H3,(H,28,32)(H,29,35)(H,30,34)/t22-/m0/s1. The summed E-state index contributed by atoms with van der Waals surface area (Å²) in [6, 6.07) is 13.1. The first-order valence-corrected chi connectivity index (χ1v) is 12.3. The predicted octanol–water partition coefficient (Wildman–Crippen LogP) is 1.29. The van der Waals surface area contributed by atoms with E-state index in [1.165, 1.54) is 0 Å². The first-order chi connectivity index (χ1) is 17.9. The van der Waals surface area contributed by atoms with Crippen LogP contribution in [-0.2, 0) is 20.8 Å². The molecule has 0 spiro atoms. The van der Waals surface area contributed by atoms with E-state index in [-0.39, 0.29) is 37.5 Å². The Bertz CT molecular complexity index is 1090. The molecule has 2 aromatic rings. The molecule has 1 aliphatic heterocycles. The van der Waals surface area contributed by atoms with E-state index in [9.17, 15) is 19.2 Å². The molecule has 2 aromatic carbocycles. The highest BCUT2D eigenvalue weighted by Crippen LogP contribution is 2.18. The number of amides is 4. The van der Waals surface area contributed by atoms with Crippen LogP contribution >= 0.6 is 0 Å². The third-order valence-electron chi connectivity index (χ3n) is 6.01. The molecule has 3 N–H and O–H groups in total. The second kappa shape index (κ2) is 13.9. The highest BCUT2D eigenvalue weighted by molar-refractivity contribution is 6.00. The number of nitrogens with zero attached hydrogens (tertiary/aromatic N) is 1. The molecule has 37 heavy (non-hydrogen) atoms. The zero-order valence-electron chi connectivity index (χ0n) is 21.2. The Morgan fingerprint density at radius 2 is 1.89 bits per heavy atom. The van der Waals surface area contributed by atoms with E-state index in [2.05, 4.69) is 16.0 Å². The number of rotatable bonds is 5. The van der Waals surface area contributed by atoms with Crippen molar-refractivity contribution < 1.29 is 28.7 Å². The van der Waals surface area contributed by atoms with E-state index in [1.54, 1.807) is 43.3 Å². The van der Waals surface area contributed by atoms with E-state index < -0.39 is 23.8 Å². The van der Waals surface area contributed by atoms with E-state index in [4.69, 9.17) is 9.47 Å². The number of likely N-dealkylation sites (N-methyl/N-ethyl adjacent to an activating group) is 1. The van der Waals surface area contributed by atoms with Crippen LogP contribution < -0.4 is 25.4 Å². The maximum atomic E-state index is 13.1. The Balaban J connectivity index is 1.71. The maximum Gasteiger partial charge on any atom is 0.255 e. The first-order valence-electron chi connectivity index (χ1n) is 12.3. The van der Waals surface area contributed by atoms with Crippen molar-refractivity contribution in [1.29, 1.82) is 0 Å². The number of methoxy groups -OCH3 is 1.